The highest BCUT2D eigenvalue weighted by Gasteiger charge is 2.29. The van der Waals surface area contributed by atoms with Crippen LogP contribution in [0.4, 0.5) is 23.2 Å². The molecule has 0 spiro atoms. The zero-order valence-corrected chi connectivity index (χ0v) is 19.1. The first-order valence-electron chi connectivity index (χ1n) is 9.25. The van der Waals surface area contributed by atoms with Crippen LogP contribution in [0.15, 0.2) is 65.6 Å². The van der Waals surface area contributed by atoms with Crippen molar-refractivity contribution in [3.05, 3.63) is 82.1 Å². The molecule has 3 rings (SSSR count). The number of carbonyl (C=O) groups excluding carboxylic acids is 1. The lowest BCUT2D eigenvalue weighted by molar-refractivity contribution is -0.123. The molecule has 3 aromatic carbocycles. The third-order valence-corrected chi connectivity index (χ3v) is 6.18. The molecule has 0 bridgehead atoms. The quantitative estimate of drug-likeness (QED) is 0.362. The van der Waals surface area contributed by atoms with Crippen molar-refractivity contribution in [2.45, 2.75) is 11.1 Å². The predicted molar refractivity (Wildman–Crippen MR) is 119 cm³/mol. The lowest BCUT2D eigenvalue weighted by Crippen LogP contribution is -2.34. The van der Waals surface area contributed by atoms with Crippen LogP contribution in [0.2, 0.25) is 10.0 Å². The smallest absolute Gasteiger partial charge is 0.405 e. The van der Waals surface area contributed by atoms with Crippen molar-refractivity contribution >= 4 is 44.8 Å². The summed E-state index contributed by atoms with van der Waals surface area (Å²) in [6.07, 6.45) is -4.72. The van der Waals surface area contributed by atoms with Crippen LogP contribution >= 0.6 is 23.2 Å². The van der Waals surface area contributed by atoms with Gasteiger partial charge in [-0.2, -0.15) is 13.2 Å². The predicted octanol–water partition coefficient (Wildman–Crippen LogP) is 6.02. The fourth-order valence-corrected chi connectivity index (χ4v) is 4.05. The molecule has 1 amide bonds. The molecule has 2 N–H and O–H groups in total. The molecule has 0 atom stereocenters. The van der Waals surface area contributed by atoms with Gasteiger partial charge < -0.3 is 10.1 Å². The third-order valence-electron chi connectivity index (χ3n) is 4.20. The highest BCUT2D eigenvalue weighted by atomic mass is 35.5. The number of rotatable bonds is 7. The van der Waals surface area contributed by atoms with Gasteiger partial charge in [-0.05, 0) is 42.5 Å². The van der Waals surface area contributed by atoms with Crippen LogP contribution in [0.1, 0.15) is 10.4 Å². The summed E-state index contributed by atoms with van der Waals surface area (Å²) in [7, 11) is -4.38. The highest BCUT2D eigenvalue weighted by Crippen LogP contribution is 2.30. The Hall–Kier alpha value is -3.02. The number of anilines is 1. The molecule has 3 aromatic rings. The van der Waals surface area contributed by atoms with Gasteiger partial charge in [-0.3, -0.25) is 9.52 Å². The van der Waals surface area contributed by atoms with Crippen LogP contribution in [0, 0.1) is 5.82 Å². The number of hydrogen-bond acceptors (Lipinski definition) is 4. The van der Waals surface area contributed by atoms with Gasteiger partial charge in [-0.25, -0.2) is 12.8 Å². The van der Waals surface area contributed by atoms with Gasteiger partial charge in [0.15, 0.2) is 0 Å². The molecular formula is C21H14Cl2F4N2O4S. The minimum atomic E-state index is -4.72. The number of sulfonamides is 1. The Morgan fingerprint density at radius 2 is 1.62 bits per heavy atom. The van der Waals surface area contributed by atoms with E-state index in [1.807, 2.05) is 4.72 Å². The summed E-state index contributed by atoms with van der Waals surface area (Å²) < 4.78 is 84.4. The average molecular weight is 537 g/mol. The number of benzene rings is 3. The molecule has 0 aliphatic heterocycles. The maximum absolute atomic E-state index is 14.0. The van der Waals surface area contributed by atoms with Crippen LogP contribution in [-0.4, -0.2) is 27.0 Å². The second-order valence-electron chi connectivity index (χ2n) is 6.72. The fraction of sp³-hybridized carbons (Fsp3) is 0.0952. The van der Waals surface area contributed by atoms with E-state index in [2.05, 4.69) is 0 Å². The van der Waals surface area contributed by atoms with E-state index in [9.17, 15) is 30.8 Å². The molecule has 0 saturated carbocycles. The summed E-state index contributed by atoms with van der Waals surface area (Å²) in [6.45, 7) is -1.68. The Kier molecular flexibility index (Phi) is 7.59. The number of carbonyl (C=O) groups is 1. The Balaban J connectivity index is 1.84. The Morgan fingerprint density at radius 3 is 2.24 bits per heavy atom. The van der Waals surface area contributed by atoms with E-state index in [0.29, 0.717) is 16.8 Å². The molecule has 6 nitrogen and oxygen atoms in total. The molecule has 0 unspecified atom stereocenters. The van der Waals surface area contributed by atoms with Crippen molar-refractivity contribution in [2.75, 3.05) is 11.3 Å². The van der Waals surface area contributed by atoms with Crippen molar-refractivity contribution in [1.29, 1.82) is 0 Å². The summed E-state index contributed by atoms with van der Waals surface area (Å²) in [5.41, 5.74) is -1.20. The van der Waals surface area contributed by atoms with Crippen molar-refractivity contribution in [3.8, 4) is 11.5 Å². The molecule has 0 aliphatic rings. The van der Waals surface area contributed by atoms with E-state index in [0.717, 1.165) is 6.07 Å². The Bertz CT molecular complexity index is 1320. The van der Waals surface area contributed by atoms with Gasteiger partial charge in [0.2, 0.25) is 0 Å². The summed E-state index contributed by atoms with van der Waals surface area (Å²) in [5.74, 6) is -1.79. The number of nitrogens with one attached hydrogen (secondary N) is 2. The lowest BCUT2D eigenvalue weighted by atomic mass is 10.1. The second kappa shape index (κ2) is 10.1. The first kappa shape index (κ1) is 25.6. The number of alkyl halides is 3. The summed E-state index contributed by atoms with van der Waals surface area (Å²) >= 11 is 11.6. The summed E-state index contributed by atoms with van der Waals surface area (Å²) in [6, 6.07) is 12.9. The lowest BCUT2D eigenvalue weighted by Gasteiger charge is -2.15. The van der Waals surface area contributed by atoms with Crippen LogP contribution in [-0.2, 0) is 10.0 Å². The molecule has 0 saturated heterocycles. The molecule has 0 fully saturated rings. The van der Waals surface area contributed by atoms with E-state index in [-0.39, 0.29) is 10.6 Å². The monoisotopic (exact) mass is 536 g/mol. The summed E-state index contributed by atoms with van der Waals surface area (Å²) in [5, 5.41) is 1.33. The third kappa shape index (κ3) is 6.52. The SMILES string of the molecule is O=C(NCC(F)(F)F)c1cc(Cl)c(F)cc1NS(=O)(=O)c1ccc(Oc2ccccc2Cl)cc1. The first-order chi connectivity index (χ1) is 15.9. The Labute approximate surface area is 201 Å². The molecule has 34 heavy (non-hydrogen) atoms. The van der Waals surface area contributed by atoms with Gasteiger partial charge >= 0.3 is 6.18 Å². The number of halogens is 6. The van der Waals surface area contributed by atoms with E-state index < -0.39 is 50.7 Å². The second-order valence-corrected chi connectivity index (χ2v) is 9.22. The molecule has 0 radical (unpaired) electrons. The van der Waals surface area contributed by atoms with E-state index in [1.165, 1.54) is 24.3 Å². The van der Waals surface area contributed by atoms with Crippen molar-refractivity contribution in [1.82, 2.24) is 5.32 Å². The minimum absolute atomic E-state index is 0.261. The molecule has 180 valence electrons. The minimum Gasteiger partial charge on any atom is -0.456 e. The van der Waals surface area contributed by atoms with Gasteiger partial charge in [0.05, 0.1) is 26.2 Å². The largest absolute Gasteiger partial charge is 0.456 e. The van der Waals surface area contributed by atoms with Gasteiger partial charge in [0, 0.05) is 6.07 Å². The van der Waals surface area contributed by atoms with Crippen LogP contribution in [0.25, 0.3) is 0 Å². The van der Waals surface area contributed by atoms with Crippen molar-refractivity contribution in [2.24, 2.45) is 0 Å². The number of amides is 1. The maximum atomic E-state index is 14.0. The number of ether oxygens (including phenoxy) is 1. The van der Waals surface area contributed by atoms with Gasteiger partial charge in [-0.1, -0.05) is 35.3 Å². The van der Waals surface area contributed by atoms with Gasteiger partial charge in [0.25, 0.3) is 15.9 Å². The molecule has 13 heteroatoms. The van der Waals surface area contributed by atoms with E-state index >= 15 is 0 Å². The Morgan fingerprint density at radius 1 is 0.971 bits per heavy atom. The zero-order valence-electron chi connectivity index (χ0n) is 16.8. The molecule has 0 aliphatic carbocycles. The molecule has 0 heterocycles. The van der Waals surface area contributed by atoms with Crippen LogP contribution < -0.4 is 14.8 Å². The van der Waals surface area contributed by atoms with Crippen LogP contribution in [0.5, 0.6) is 11.5 Å². The average Bonchev–Trinajstić information content (AvgIpc) is 2.76. The fourth-order valence-electron chi connectivity index (χ4n) is 2.64. The van der Waals surface area contributed by atoms with E-state index in [1.54, 1.807) is 29.6 Å². The van der Waals surface area contributed by atoms with E-state index in [4.69, 9.17) is 27.9 Å². The number of para-hydroxylation sites is 1. The van der Waals surface area contributed by atoms with Gasteiger partial charge in [0.1, 0.15) is 23.9 Å². The summed E-state index contributed by atoms with van der Waals surface area (Å²) in [4.78, 5) is 11.9. The number of hydrogen-bond donors (Lipinski definition) is 2. The van der Waals surface area contributed by atoms with Crippen LogP contribution in [0.3, 0.4) is 0 Å². The first-order valence-corrected chi connectivity index (χ1v) is 11.5. The molecular weight excluding hydrogens is 523 g/mol. The maximum Gasteiger partial charge on any atom is 0.405 e. The van der Waals surface area contributed by atoms with Crippen molar-refractivity contribution < 1.29 is 35.5 Å². The standard InChI is InChI=1S/C21H14Cl2F4N2O4S/c22-15-3-1-2-4-19(15)33-12-5-7-13(8-6-12)34(31,32)29-18-10-17(24)16(23)9-14(18)20(30)28-11-21(25,26)27/h1-10,29H,11H2,(H,28,30). The van der Waals surface area contributed by atoms with Gasteiger partial charge in [-0.15, -0.1) is 0 Å². The van der Waals surface area contributed by atoms with Crippen molar-refractivity contribution in [3.63, 3.8) is 0 Å². The topological polar surface area (TPSA) is 84.5 Å². The molecule has 0 aromatic heterocycles. The highest BCUT2D eigenvalue weighted by molar-refractivity contribution is 7.92. The zero-order chi connectivity index (χ0) is 25.1. The normalized spacial score (nSPS) is 11.7.